The molecule has 4 nitrogen and oxygen atoms in total. The quantitative estimate of drug-likeness (QED) is 0.911. The van der Waals surface area contributed by atoms with Crippen LogP contribution in [-0.2, 0) is 0 Å². The Hall–Kier alpha value is -1.65. The average molecular weight is 318 g/mol. The van der Waals surface area contributed by atoms with E-state index in [4.69, 9.17) is 11.6 Å². The molecule has 2 heterocycles. The van der Waals surface area contributed by atoms with Crippen LogP contribution >= 0.6 is 11.6 Å². The highest BCUT2D eigenvalue weighted by molar-refractivity contribution is 6.32. The molecule has 0 radical (unpaired) electrons. The number of benzene rings is 1. The normalized spacial score (nSPS) is 18.3. The summed E-state index contributed by atoms with van der Waals surface area (Å²) in [6.45, 7) is 2.85. The van der Waals surface area contributed by atoms with E-state index in [2.05, 4.69) is 15.6 Å². The first-order valence-corrected chi connectivity index (χ1v) is 8.15. The molecule has 0 bridgehead atoms. The summed E-state index contributed by atoms with van der Waals surface area (Å²) >= 11 is 6.11. The van der Waals surface area contributed by atoms with Crippen molar-refractivity contribution >= 4 is 28.4 Å². The van der Waals surface area contributed by atoms with E-state index < -0.39 is 0 Å². The Bertz CT molecular complexity index is 668. The van der Waals surface area contributed by atoms with E-state index in [1.807, 2.05) is 18.2 Å². The molecule has 1 aliphatic rings. The van der Waals surface area contributed by atoms with Crippen molar-refractivity contribution in [1.29, 1.82) is 0 Å². The van der Waals surface area contributed by atoms with Crippen molar-refractivity contribution in [2.75, 3.05) is 19.6 Å². The van der Waals surface area contributed by atoms with Crippen LogP contribution in [0.5, 0.6) is 0 Å². The molecule has 1 saturated heterocycles. The fourth-order valence-electron chi connectivity index (χ4n) is 2.98. The number of carbonyl (C=O) groups is 1. The van der Waals surface area contributed by atoms with Crippen molar-refractivity contribution < 1.29 is 4.79 Å². The summed E-state index contributed by atoms with van der Waals surface area (Å²) in [5, 5.41) is 7.84. The summed E-state index contributed by atoms with van der Waals surface area (Å²) in [7, 11) is 0. The van der Waals surface area contributed by atoms with Crippen molar-refractivity contribution in [3.8, 4) is 0 Å². The van der Waals surface area contributed by atoms with Gasteiger partial charge in [-0.2, -0.15) is 0 Å². The smallest absolute Gasteiger partial charge is 0.253 e. The zero-order valence-electron chi connectivity index (χ0n) is 12.4. The highest BCUT2D eigenvalue weighted by Crippen LogP contribution is 2.22. The van der Waals surface area contributed by atoms with Crippen molar-refractivity contribution in [3.05, 3.63) is 41.0 Å². The van der Waals surface area contributed by atoms with Crippen molar-refractivity contribution in [1.82, 2.24) is 15.6 Å². The molecule has 0 saturated carbocycles. The minimum absolute atomic E-state index is 0.102. The predicted molar refractivity (Wildman–Crippen MR) is 89.3 cm³/mol. The molecule has 1 aromatic heterocycles. The first kappa shape index (κ1) is 15.3. The third-order valence-corrected chi connectivity index (χ3v) is 4.37. The third-order valence-electron chi connectivity index (χ3n) is 4.15. The van der Waals surface area contributed by atoms with E-state index in [9.17, 15) is 4.79 Å². The van der Waals surface area contributed by atoms with Gasteiger partial charge in [-0.3, -0.25) is 9.78 Å². The van der Waals surface area contributed by atoms with Crippen LogP contribution in [0.4, 0.5) is 0 Å². The van der Waals surface area contributed by atoms with E-state index in [0.29, 0.717) is 28.6 Å². The van der Waals surface area contributed by atoms with Gasteiger partial charge in [-0.1, -0.05) is 17.7 Å². The van der Waals surface area contributed by atoms with Crippen LogP contribution < -0.4 is 10.6 Å². The number of nitrogens with zero attached hydrogens (tertiary/aromatic N) is 1. The number of hydrogen-bond acceptors (Lipinski definition) is 3. The molecule has 2 N–H and O–H groups in total. The Morgan fingerprint density at radius 2 is 2.36 bits per heavy atom. The predicted octanol–water partition coefficient (Wildman–Crippen LogP) is 3.01. The summed E-state index contributed by atoms with van der Waals surface area (Å²) in [6, 6.07) is 7.28. The number of piperidine rings is 1. The highest BCUT2D eigenvalue weighted by atomic mass is 35.5. The maximum absolute atomic E-state index is 12.4. The second-order valence-corrected chi connectivity index (χ2v) is 6.22. The molecule has 116 valence electrons. The SMILES string of the molecule is O=C(NCCC1CCCNC1)c1cc(Cl)cc2cccnc12. The van der Waals surface area contributed by atoms with Gasteiger partial charge in [0, 0.05) is 23.2 Å². The average Bonchev–Trinajstić information content (AvgIpc) is 2.55. The Balaban J connectivity index is 1.67. The molecule has 1 atom stereocenters. The lowest BCUT2D eigenvalue weighted by atomic mass is 9.96. The minimum Gasteiger partial charge on any atom is -0.352 e. The molecule has 5 heteroatoms. The number of aromatic nitrogens is 1. The number of fused-ring (bicyclic) bond motifs is 1. The van der Waals surface area contributed by atoms with Gasteiger partial charge in [0.2, 0.25) is 0 Å². The van der Waals surface area contributed by atoms with Crippen LogP contribution in [0, 0.1) is 5.92 Å². The van der Waals surface area contributed by atoms with Crippen LogP contribution in [0.15, 0.2) is 30.5 Å². The summed E-state index contributed by atoms with van der Waals surface area (Å²) in [5.41, 5.74) is 1.24. The van der Waals surface area contributed by atoms with E-state index in [-0.39, 0.29) is 5.91 Å². The van der Waals surface area contributed by atoms with Crippen molar-refractivity contribution in [3.63, 3.8) is 0 Å². The van der Waals surface area contributed by atoms with Gasteiger partial charge >= 0.3 is 0 Å². The van der Waals surface area contributed by atoms with Gasteiger partial charge in [-0.05, 0) is 56.5 Å². The Morgan fingerprint density at radius 3 is 3.18 bits per heavy atom. The maximum Gasteiger partial charge on any atom is 0.253 e. The first-order valence-electron chi connectivity index (χ1n) is 7.77. The second-order valence-electron chi connectivity index (χ2n) is 5.79. The molecule has 1 unspecified atom stereocenters. The van der Waals surface area contributed by atoms with E-state index in [0.717, 1.165) is 24.9 Å². The minimum atomic E-state index is -0.102. The van der Waals surface area contributed by atoms with Gasteiger partial charge in [0.05, 0.1) is 11.1 Å². The van der Waals surface area contributed by atoms with Gasteiger partial charge < -0.3 is 10.6 Å². The summed E-state index contributed by atoms with van der Waals surface area (Å²) in [4.78, 5) is 16.7. The van der Waals surface area contributed by atoms with Gasteiger partial charge in [0.1, 0.15) is 0 Å². The standard InChI is InChI=1S/C17H20ClN3O/c18-14-9-13-4-2-7-20-16(13)15(10-14)17(22)21-8-5-12-3-1-6-19-11-12/h2,4,7,9-10,12,19H,1,3,5-6,8,11H2,(H,21,22). The Morgan fingerprint density at radius 1 is 1.45 bits per heavy atom. The third kappa shape index (κ3) is 3.57. The number of halogens is 1. The summed E-state index contributed by atoms with van der Waals surface area (Å²) in [6.07, 6.45) is 5.16. The van der Waals surface area contributed by atoms with E-state index in [1.54, 1.807) is 12.3 Å². The second kappa shape index (κ2) is 7.07. The fraction of sp³-hybridized carbons (Fsp3) is 0.412. The maximum atomic E-state index is 12.4. The van der Waals surface area contributed by atoms with Crippen LogP contribution in [0.2, 0.25) is 5.02 Å². The molecular formula is C17H20ClN3O. The molecule has 1 aromatic carbocycles. The number of rotatable bonds is 4. The lowest BCUT2D eigenvalue weighted by Gasteiger charge is -2.22. The summed E-state index contributed by atoms with van der Waals surface area (Å²) < 4.78 is 0. The van der Waals surface area contributed by atoms with Gasteiger partial charge in [0.15, 0.2) is 0 Å². The van der Waals surface area contributed by atoms with E-state index in [1.165, 1.54) is 12.8 Å². The molecule has 1 aliphatic heterocycles. The molecule has 2 aromatic rings. The Kier molecular flexibility index (Phi) is 4.90. The van der Waals surface area contributed by atoms with Crippen LogP contribution in [0.3, 0.4) is 0 Å². The molecule has 1 fully saturated rings. The number of amides is 1. The first-order chi connectivity index (χ1) is 10.7. The fourth-order valence-corrected chi connectivity index (χ4v) is 3.21. The van der Waals surface area contributed by atoms with Gasteiger partial charge in [0.25, 0.3) is 5.91 Å². The largest absolute Gasteiger partial charge is 0.352 e. The zero-order chi connectivity index (χ0) is 15.4. The molecule has 22 heavy (non-hydrogen) atoms. The number of pyridine rings is 1. The van der Waals surface area contributed by atoms with Crippen molar-refractivity contribution in [2.45, 2.75) is 19.3 Å². The molecule has 1 amide bonds. The van der Waals surface area contributed by atoms with Crippen LogP contribution in [0.1, 0.15) is 29.6 Å². The number of carbonyl (C=O) groups excluding carboxylic acids is 1. The molecule has 0 aliphatic carbocycles. The Labute approximate surface area is 135 Å². The molecule has 0 spiro atoms. The number of hydrogen-bond donors (Lipinski definition) is 2. The van der Waals surface area contributed by atoms with Crippen molar-refractivity contribution in [2.24, 2.45) is 5.92 Å². The monoisotopic (exact) mass is 317 g/mol. The highest BCUT2D eigenvalue weighted by Gasteiger charge is 2.15. The number of nitrogens with one attached hydrogen (secondary N) is 2. The van der Waals surface area contributed by atoms with E-state index >= 15 is 0 Å². The van der Waals surface area contributed by atoms with Crippen LogP contribution in [-0.4, -0.2) is 30.5 Å². The lowest BCUT2D eigenvalue weighted by molar-refractivity contribution is 0.0952. The molecular weight excluding hydrogens is 298 g/mol. The topological polar surface area (TPSA) is 54.0 Å². The lowest BCUT2D eigenvalue weighted by Crippen LogP contribution is -2.33. The van der Waals surface area contributed by atoms with Crippen LogP contribution in [0.25, 0.3) is 10.9 Å². The summed E-state index contributed by atoms with van der Waals surface area (Å²) in [5.74, 6) is 0.554. The molecule has 3 rings (SSSR count). The van der Waals surface area contributed by atoms with Gasteiger partial charge in [-0.15, -0.1) is 0 Å². The van der Waals surface area contributed by atoms with Gasteiger partial charge in [-0.25, -0.2) is 0 Å². The zero-order valence-corrected chi connectivity index (χ0v) is 13.2.